The van der Waals surface area contributed by atoms with Crippen molar-refractivity contribution in [3.05, 3.63) is 65.0 Å². The summed E-state index contributed by atoms with van der Waals surface area (Å²) >= 11 is 0. The van der Waals surface area contributed by atoms with Crippen molar-refractivity contribution >= 4 is 25.6 Å². The predicted molar refractivity (Wildman–Crippen MR) is 125 cm³/mol. The molecule has 2 aromatic rings. The molecule has 1 amide bonds. The minimum atomic E-state index is -6.39. The molecule has 1 fully saturated rings. The molecule has 2 atom stereocenters. The van der Waals surface area contributed by atoms with Crippen LogP contribution in [0.3, 0.4) is 0 Å². The van der Waals surface area contributed by atoms with E-state index >= 15 is 0 Å². The van der Waals surface area contributed by atoms with Gasteiger partial charge in [-0.3, -0.25) is 4.79 Å². The normalized spacial score (nSPS) is 22.1. The molecule has 40 heavy (non-hydrogen) atoms. The molecule has 2 aliphatic rings. The Balaban J connectivity index is 1.95. The van der Waals surface area contributed by atoms with Crippen LogP contribution in [0.5, 0.6) is 0 Å². The summed E-state index contributed by atoms with van der Waals surface area (Å²) in [6.07, 6.45) is -13.1. The lowest BCUT2D eigenvalue weighted by Gasteiger charge is -2.43. The van der Waals surface area contributed by atoms with Crippen LogP contribution in [0.4, 0.5) is 35.1 Å². The lowest BCUT2D eigenvalue weighted by atomic mass is 9.77. The summed E-state index contributed by atoms with van der Waals surface area (Å²) in [5.41, 5.74) is -8.10. The number of nitrogens with zero attached hydrogens (tertiary/aromatic N) is 1. The highest BCUT2D eigenvalue weighted by Gasteiger charge is 2.73. The van der Waals surface area contributed by atoms with E-state index in [9.17, 15) is 56.8 Å². The minimum Gasteiger partial charge on any atom is -0.337 e. The maximum Gasteiger partial charge on any atom is 0.435 e. The van der Waals surface area contributed by atoms with E-state index in [1.807, 2.05) is 0 Å². The molecule has 1 aliphatic heterocycles. The van der Waals surface area contributed by atoms with Crippen molar-refractivity contribution in [1.29, 1.82) is 0 Å². The summed E-state index contributed by atoms with van der Waals surface area (Å²) in [7, 11) is -8.51. The van der Waals surface area contributed by atoms with Gasteiger partial charge >= 0.3 is 18.0 Å². The van der Waals surface area contributed by atoms with E-state index in [0.717, 1.165) is 35.4 Å². The average molecular weight is 620 g/mol. The monoisotopic (exact) mass is 619 g/mol. The molecule has 6 nitrogen and oxygen atoms in total. The van der Waals surface area contributed by atoms with Gasteiger partial charge in [0.1, 0.15) is 16.3 Å². The summed E-state index contributed by atoms with van der Waals surface area (Å²) in [5.74, 6) is -2.71. The molecule has 220 valence electrons. The number of aryl methyl sites for hydroxylation is 1. The lowest BCUT2D eigenvalue weighted by Crippen LogP contribution is -2.53. The van der Waals surface area contributed by atoms with Crippen molar-refractivity contribution < 1.29 is 56.8 Å². The molecule has 0 N–H and O–H groups in total. The van der Waals surface area contributed by atoms with Crippen molar-refractivity contribution in [2.75, 3.05) is 18.6 Å². The van der Waals surface area contributed by atoms with Gasteiger partial charge in [-0.1, -0.05) is 18.2 Å². The summed E-state index contributed by atoms with van der Waals surface area (Å²) in [6, 6.07) is 3.44. The molecule has 0 radical (unpaired) electrons. The number of rotatable bonds is 5. The van der Waals surface area contributed by atoms with Gasteiger partial charge in [-0.05, 0) is 54.7 Å². The SMILES string of the molecule is CS(=O)(=O)CC(=O)N1CC[C@]2(S(=O)(=O)c3ccc(F)cc3)c3ccc(C(F)(C(F)(F)F)C(F)(F)F)cc3CC[C@H]12. The average Bonchev–Trinajstić information content (AvgIpc) is 3.23. The number of sulfone groups is 2. The molecule has 1 saturated heterocycles. The third-order valence-electron chi connectivity index (χ3n) is 7.38. The van der Waals surface area contributed by atoms with Gasteiger partial charge in [-0.15, -0.1) is 0 Å². The first-order valence-electron chi connectivity index (χ1n) is 11.6. The lowest BCUT2D eigenvalue weighted by molar-refractivity contribution is -0.348. The highest BCUT2D eigenvalue weighted by molar-refractivity contribution is 7.92. The van der Waals surface area contributed by atoms with Crippen molar-refractivity contribution in [2.24, 2.45) is 0 Å². The van der Waals surface area contributed by atoms with E-state index in [2.05, 4.69) is 0 Å². The zero-order chi connectivity index (χ0) is 30.1. The molecule has 2 aromatic carbocycles. The van der Waals surface area contributed by atoms with E-state index < -0.39 is 82.8 Å². The second-order valence-electron chi connectivity index (χ2n) is 9.83. The number of hydrogen-bond acceptors (Lipinski definition) is 5. The first kappa shape index (κ1) is 30.2. The van der Waals surface area contributed by atoms with Crippen LogP contribution in [-0.2, 0) is 41.3 Å². The number of benzene rings is 2. The van der Waals surface area contributed by atoms with Crippen molar-refractivity contribution in [2.45, 2.75) is 53.0 Å². The Bertz CT molecular complexity index is 1540. The van der Waals surface area contributed by atoms with Crippen molar-refractivity contribution in [3.63, 3.8) is 0 Å². The van der Waals surface area contributed by atoms with Crippen LogP contribution in [0.1, 0.15) is 29.5 Å². The number of carbonyl (C=O) groups is 1. The van der Waals surface area contributed by atoms with Crippen LogP contribution >= 0.6 is 0 Å². The van der Waals surface area contributed by atoms with Crippen LogP contribution < -0.4 is 0 Å². The van der Waals surface area contributed by atoms with Crippen LogP contribution in [0.25, 0.3) is 0 Å². The highest BCUT2D eigenvalue weighted by atomic mass is 32.2. The fourth-order valence-electron chi connectivity index (χ4n) is 5.66. The highest BCUT2D eigenvalue weighted by Crippen LogP contribution is 2.56. The number of hydrogen-bond donors (Lipinski definition) is 0. The van der Waals surface area contributed by atoms with E-state index in [1.54, 1.807) is 0 Å². The summed E-state index contributed by atoms with van der Waals surface area (Å²) in [5, 5.41) is 0. The zero-order valence-electron chi connectivity index (χ0n) is 20.5. The second kappa shape index (κ2) is 9.39. The first-order chi connectivity index (χ1) is 18.2. The fraction of sp³-hybridized carbons (Fsp3) is 0.458. The number of carbonyl (C=O) groups excluding carboxylic acids is 1. The predicted octanol–water partition coefficient (Wildman–Crippen LogP) is 4.38. The van der Waals surface area contributed by atoms with E-state index in [4.69, 9.17) is 0 Å². The molecule has 0 unspecified atom stereocenters. The van der Waals surface area contributed by atoms with Gasteiger partial charge < -0.3 is 4.90 Å². The number of likely N-dealkylation sites (tertiary alicyclic amines) is 1. The topological polar surface area (TPSA) is 88.6 Å². The molecule has 16 heteroatoms. The molecule has 1 aliphatic carbocycles. The maximum absolute atomic E-state index is 14.8. The summed E-state index contributed by atoms with van der Waals surface area (Å²) < 4.78 is 158. The Labute approximate surface area is 223 Å². The van der Waals surface area contributed by atoms with E-state index in [1.165, 1.54) is 0 Å². The Morgan fingerprint density at radius 2 is 1.52 bits per heavy atom. The number of halogens is 8. The third kappa shape index (κ3) is 4.56. The molecular weight excluding hydrogens is 598 g/mol. The number of amides is 1. The van der Waals surface area contributed by atoms with Crippen LogP contribution in [0.15, 0.2) is 47.4 Å². The van der Waals surface area contributed by atoms with Crippen LogP contribution in [0, 0.1) is 5.82 Å². The van der Waals surface area contributed by atoms with Gasteiger partial charge in [-0.2, -0.15) is 26.3 Å². The molecule has 4 rings (SSSR count). The van der Waals surface area contributed by atoms with Crippen LogP contribution in [0.2, 0.25) is 0 Å². The maximum atomic E-state index is 14.8. The Morgan fingerprint density at radius 1 is 0.950 bits per heavy atom. The molecular formula is C24H21F8NO5S2. The van der Waals surface area contributed by atoms with Gasteiger partial charge in [0.25, 0.3) is 0 Å². The van der Waals surface area contributed by atoms with Crippen molar-refractivity contribution in [3.8, 4) is 0 Å². The Hall–Kier alpha value is -2.75. The smallest absolute Gasteiger partial charge is 0.337 e. The Morgan fingerprint density at radius 3 is 2.05 bits per heavy atom. The summed E-state index contributed by atoms with van der Waals surface area (Å²) in [6.45, 7) is -0.307. The first-order valence-corrected chi connectivity index (χ1v) is 15.1. The quantitative estimate of drug-likeness (QED) is 0.367. The second-order valence-corrected chi connectivity index (χ2v) is 14.2. The van der Waals surface area contributed by atoms with E-state index in [-0.39, 0.29) is 36.6 Å². The van der Waals surface area contributed by atoms with Gasteiger partial charge in [0.05, 0.1) is 10.9 Å². The minimum absolute atomic E-state index is 0.213. The molecule has 1 heterocycles. The summed E-state index contributed by atoms with van der Waals surface area (Å²) in [4.78, 5) is 13.5. The third-order valence-corrected chi connectivity index (χ3v) is 10.7. The van der Waals surface area contributed by atoms with Gasteiger partial charge in [0.15, 0.2) is 19.7 Å². The zero-order valence-corrected chi connectivity index (χ0v) is 22.1. The Kier molecular flexibility index (Phi) is 7.09. The molecule has 0 aromatic heterocycles. The molecule has 0 spiro atoms. The van der Waals surface area contributed by atoms with Gasteiger partial charge in [0.2, 0.25) is 5.91 Å². The number of fused-ring (bicyclic) bond motifs is 3. The fourth-order valence-corrected chi connectivity index (χ4v) is 8.64. The van der Waals surface area contributed by atoms with Crippen LogP contribution in [-0.4, -0.2) is 64.6 Å². The molecule has 0 saturated carbocycles. The molecule has 0 bridgehead atoms. The van der Waals surface area contributed by atoms with Gasteiger partial charge in [0, 0.05) is 18.4 Å². The van der Waals surface area contributed by atoms with E-state index in [0.29, 0.717) is 12.1 Å². The van der Waals surface area contributed by atoms with Crippen molar-refractivity contribution in [1.82, 2.24) is 4.90 Å². The van der Waals surface area contributed by atoms with Gasteiger partial charge in [-0.25, -0.2) is 25.6 Å². The standard InChI is InChI=1S/C24H21F8NO5S2/c1-39(35,36)13-20(34)33-11-10-21(40(37,38)17-6-4-16(25)5-7-17)18-8-3-15(12-14(18)2-9-19(21)33)22(26,23(27,28)29)24(30,31)32/h3-8,12,19H,2,9-11,13H2,1H3/t19-,21-/m0/s1. The largest absolute Gasteiger partial charge is 0.435 e. The number of alkyl halides is 7.